The van der Waals surface area contributed by atoms with Gasteiger partial charge >= 0.3 is 6.18 Å². The van der Waals surface area contributed by atoms with Gasteiger partial charge in [0.15, 0.2) is 0 Å². The van der Waals surface area contributed by atoms with E-state index in [1.165, 1.54) is 6.07 Å². The van der Waals surface area contributed by atoms with Crippen LogP contribution in [0.15, 0.2) is 18.2 Å². The molecule has 2 N–H and O–H groups in total. The summed E-state index contributed by atoms with van der Waals surface area (Å²) in [5.41, 5.74) is 4.45. The lowest BCUT2D eigenvalue weighted by atomic mass is 9.92. The second-order valence-corrected chi connectivity index (χ2v) is 5.46. The molecule has 0 aliphatic heterocycles. The van der Waals surface area contributed by atoms with E-state index in [9.17, 15) is 13.2 Å². The van der Waals surface area contributed by atoms with Crippen molar-refractivity contribution in [2.75, 3.05) is 13.2 Å². The molecule has 0 aliphatic rings. The summed E-state index contributed by atoms with van der Waals surface area (Å²) in [5.74, 6) is -0.211. The highest BCUT2D eigenvalue weighted by Gasteiger charge is 2.34. The molecule has 0 saturated carbocycles. The van der Waals surface area contributed by atoms with Crippen molar-refractivity contribution in [3.05, 3.63) is 29.3 Å². The zero-order chi connectivity index (χ0) is 16.1. The maximum atomic E-state index is 13.0. The molecule has 1 aromatic rings. The van der Waals surface area contributed by atoms with E-state index in [1.54, 1.807) is 19.9 Å². The van der Waals surface area contributed by atoms with Crippen LogP contribution in [-0.4, -0.2) is 13.2 Å². The van der Waals surface area contributed by atoms with Gasteiger partial charge < -0.3 is 10.5 Å². The van der Waals surface area contributed by atoms with Gasteiger partial charge in [-0.3, -0.25) is 0 Å². The van der Waals surface area contributed by atoms with Gasteiger partial charge in [0.25, 0.3) is 0 Å². The summed E-state index contributed by atoms with van der Waals surface area (Å²) in [5, 5.41) is 8.87. The summed E-state index contributed by atoms with van der Waals surface area (Å²) >= 11 is 0. The van der Waals surface area contributed by atoms with Crippen LogP contribution in [0.25, 0.3) is 0 Å². The molecule has 0 atom stereocenters. The third-order valence-electron chi connectivity index (χ3n) is 3.07. The van der Waals surface area contributed by atoms with Crippen LogP contribution in [0.4, 0.5) is 13.2 Å². The first-order valence-corrected chi connectivity index (χ1v) is 6.64. The first-order valence-electron chi connectivity index (χ1n) is 6.64. The number of benzene rings is 1. The standard InChI is InChI=1S/C15H19F3N2O/c1-14(2,10-20)6-8-21-13-4-3-11(5-7-19)9-12(13)15(16,17)18/h3-4,9H,5-8,19H2,1-2H3. The van der Waals surface area contributed by atoms with E-state index in [0.717, 1.165) is 6.07 Å². The second kappa shape index (κ2) is 6.81. The van der Waals surface area contributed by atoms with Crippen LogP contribution in [0.1, 0.15) is 31.4 Å². The average Bonchev–Trinajstić information content (AvgIpc) is 2.39. The fourth-order valence-electron chi connectivity index (χ4n) is 1.72. The number of nitrogens with zero attached hydrogens (tertiary/aromatic N) is 1. The first kappa shape index (κ1) is 17.3. The molecule has 0 fully saturated rings. The van der Waals surface area contributed by atoms with E-state index in [0.29, 0.717) is 18.4 Å². The Bertz CT molecular complexity index is 519. The minimum Gasteiger partial charge on any atom is -0.493 e. The Morgan fingerprint density at radius 2 is 1.95 bits per heavy atom. The van der Waals surface area contributed by atoms with Crippen LogP contribution in [0.5, 0.6) is 5.75 Å². The third-order valence-corrected chi connectivity index (χ3v) is 3.07. The lowest BCUT2D eigenvalue weighted by Crippen LogP contribution is -2.15. The highest BCUT2D eigenvalue weighted by molar-refractivity contribution is 5.39. The topological polar surface area (TPSA) is 59.0 Å². The van der Waals surface area contributed by atoms with Crippen LogP contribution in [0, 0.1) is 16.7 Å². The Hall–Kier alpha value is -1.74. The third kappa shape index (κ3) is 5.27. The molecular formula is C15H19F3N2O. The number of nitrogens with two attached hydrogens (primary N) is 1. The molecule has 6 heteroatoms. The van der Waals surface area contributed by atoms with Crippen molar-refractivity contribution in [3.63, 3.8) is 0 Å². The molecular weight excluding hydrogens is 281 g/mol. The van der Waals surface area contributed by atoms with Crippen molar-refractivity contribution in [2.24, 2.45) is 11.1 Å². The largest absolute Gasteiger partial charge is 0.493 e. The zero-order valence-electron chi connectivity index (χ0n) is 12.1. The van der Waals surface area contributed by atoms with Crippen molar-refractivity contribution in [1.29, 1.82) is 5.26 Å². The summed E-state index contributed by atoms with van der Waals surface area (Å²) in [7, 11) is 0. The van der Waals surface area contributed by atoms with Crippen molar-refractivity contribution >= 4 is 0 Å². The minimum absolute atomic E-state index is 0.0554. The number of rotatable bonds is 6. The molecule has 0 bridgehead atoms. The molecule has 21 heavy (non-hydrogen) atoms. The van der Waals surface area contributed by atoms with Gasteiger partial charge in [0.2, 0.25) is 0 Å². The molecule has 1 rings (SSSR count). The minimum atomic E-state index is -4.48. The Kier molecular flexibility index (Phi) is 5.62. The summed E-state index contributed by atoms with van der Waals surface area (Å²) in [4.78, 5) is 0. The Morgan fingerprint density at radius 1 is 1.29 bits per heavy atom. The molecule has 0 saturated heterocycles. The molecule has 3 nitrogen and oxygen atoms in total. The number of hydrogen-bond acceptors (Lipinski definition) is 3. The van der Waals surface area contributed by atoms with Crippen molar-refractivity contribution < 1.29 is 17.9 Å². The number of ether oxygens (including phenoxy) is 1. The maximum Gasteiger partial charge on any atom is 0.419 e. The highest BCUT2D eigenvalue weighted by atomic mass is 19.4. The van der Waals surface area contributed by atoms with E-state index in [1.807, 2.05) is 0 Å². The monoisotopic (exact) mass is 300 g/mol. The van der Waals surface area contributed by atoms with Crippen LogP contribution in [0.2, 0.25) is 0 Å². The van der Waals surface area contributed by atoms with Gasteiger partial charge in [0.05, 0.1) is 23.7 Å². The fraction of sp³-hybridized carbons (Fsp3) is 0.533. The summed E-state index contributed by atoms with van der Waals surface area (Å²) in [6, 6.07) is 6.04. The quantitative estimate of drug-likeness (QED) is 0.874. The zero-order valence-corrected chi connectivity index (χ0v) is 12.1. The van der Waals surface area contributed by atoms with Gasteiger partial charge in [0.1, 0.15) is 5.75 Å². The number of nitriles is 1. The second-order valence-electron chi connectivity index (χ2n) is 5.46. The maximum absolute atomic E-state index is 13.0. The SMILES string of the molecule is CC(C)(C#N)CCOc1ccc(CCN)cc1C(F)(F)F. The van der Waals surface area contributed by atoms with Gasteiger partial charge in [-0.05, 0) is 50.9 Å². The normalized spacial score (nSPS) is 12.0. The van der Waals surface area contributed by atoms with Crippen molar-refractivity contribution in [2.45, 2.75) is 32.9 Å². The fourth-order valence-corrected chi connectivity index (χ4v) is 1.72. The average molecular weight is 300 g/mol. The van der Waals surface area contributed by atoms with E-state index in [4.69, 9.17) is 15.7 Å². The van der Waals surface area contributed by atoms with Gasteiger partial charge in [0, 0.05) is 0 Å². The molecule has 0 aliphatic carbocycles. The summed E-state index contributed by atoms with van der Waals surface area (Å²) in [6.45, 7) is 3.77. The Labute approximate surface area is 122 Å². The first-order chi connectivity index (χ1) is 9.69. The molecule has 116 valence electrons. The van der Waals surface area contributed by atoms with Gasteiger partial charge in [-0.1, -0.05) is 6.07 Å². The summed E-state index contributed by atoms with van der Waals surface area (Å²) in [6.07, 6.45) is -3.75. The lowest BCUT2D eigenvalue weighted by molar-refractivity contribution is -0.139. The molecule has 0 heterocycles. The van der Waals surface area contributed by atoms with E-state index < -0.39 is 17.2 Å². The summed E-state index contributed by atoms with van der Waals surface area (Å²) < 4.78 is 44.3. The van der Waals surface area contributed by atoms with Gasteiger partial charge in [-0.15, -0.1) is 0 Å². The Balaban J connectivity index is 2.89. The van der Waals surface area contributed by atoms with E-state index in [2.05, 4.69) is 6.07 Å². The van der Waals surface area contributed by atoms with Gasteiger partial charge in [-0.2, -0.15) is 18.4 Å². The lowest BCUT2D eigenvalue weighted by Gasteiger charge is -2.18. The predicted octanol–water partition coefficient (Wildman–Crippen LogP) is 3.53. The molecule has 0 spiro atoms. The molecule has 1 aromatic carbocycles. The predicted molar refractivity (Wildman–Crippen MR) is 73.7 cm³/mol. The molecule has 0 radical (unpaired) electrons. The van der Waals surface area contributed by atoms with Crippen LogP contribution in [-0.2, 0) is 12.6 Å². The van der Waals surface area contributed by atoms with Gasteiger partial charge in [-0.25, -0.2) is 0 Å². The molecule has 0 unspecified atom stereocenters. The van der Waals surface area contributed by atoms with Crippen LogP contribution < -0.4 is 10.5 Å². The smallest absolute Gasteiger partial charge is 0.419 e. The van der Waals surface area contributed by atoms with E-state index >= 15 is 0 Å². The van der Waals surface area contributed by atoms with Crippen molar-refractivity contribution in [3.8, 4) is 11.8 Å². The number of halogens is 3. The number of alkyl halides is 3. The molecule has 0 aromatic heterocycles. The van der Waals surface area contributed by atoms with E-state index in [-0.39, 0.29) is 18.9 Å². The van der Waals surface area contributed by atoms with Crippen LogP contribution in [0.3, 0.4) is 0 Å². The number of hydrogen-bond donors (Lipinski definition) is 1. The Morgan fingerprint density at radius 3 is 2.48 bits per heavy atom. The van der Waals surface area contributed by atoms with Crippen molar-refractivity contribution in [1.82, 2.24) is 0 Å². The highest BCUT2D eigenvalue weighted by Crippen LogP contribution is 2.37. The molecule has 0 amide bonds. The van der Waals surface area contributed by atoms with Crippen LogP contribution >= 0.6 is 0 Å².